The predicted octanol–water partition coefficient (Wildman–Crippen LogP) is 1.82. The summed E-state index contributed by atoms with van der Waals surface area (Å²) in [6.07, 6.45) is 7.25. The van der Waals surface area contributed by atoms with Gasteiger partial charge in [0.05, 0.1) is 6.20 Å². The lowest BCUT2D eigenvalue weighted by Gasteiger charge is -2.33. The Labute approximate surface area is 106 Å². The Morgan fingerprint density at radius 2 is 2.24 bits per heavy atom. The van der Waals surface area contributed by atoms with Gasteiger partial charge in [-0.05, 0) is 12.8 Å². The van der Waals surface area contributed by atoms with E-state index < -0.39 is 0 Å². The van der Waals surface area contributed by atoms with Gasteiger partial charge in [-0.3, -0.25) is 4.79 Å². The molecule has 1 fully saturated rings. The Kier molecular flexibility index (Phi) is 4.36. The monoisotopic (exact) mass is 256 g/mol. The molecule has 0 radical (unpaired) electrons. The van der Waals surface area contributed by atoms with Crippen LogP contribution in [0.4, 0.5) is 0 Å². The summed E-state index contributed by atoms with van der Waals surface area (Å²) in [6.45, 7) is 0.581. The molecule has 5 nitrogen and oxygen atoms in total. The second-order valence-corrected chi connectivity index (χ2v) is 4.71. The van der Waals surface area contributed by atoms with Gasteiger partial charge in [0.1, 0.15) is 0 Å². The van der Waals surface area contributed by atoms with Gasteiger partial charge in [0.25, 0.3) is 5.91 Å². The van der Waals surface area contributed by atoms with Crippen LogP contribution >= 0.6 is 11.6 Å². The van der Waals surface area contributed by atoms with Crippen LogP contribution in [0.5, 0.6) is 0 Å². The van der Waals surface area contributed by atoms with Crippen LogP contribution in [0.15, 0.2) is 6.20 Å². The number of rotatable bonds is 4. The zero-order valence-corrected chi connectivity index (χ0v) is 10.5. The number of hydrogen-bond acceptors (Lipinski definition) is 3. The summed E-state index contributed by atoms with van der Waals surface area (Å²) in [4.78, 5) is 14.1. The lowest BCUT2D eigenvalue weighted by Crippen LogP contribution is -2.42. The van der Waals surface area contributed by atoms with Crippen molar-refractivity contribution in [3.8, 4) is 0 Å². The molecule has 1 aliphatic rings. The van der Waals surface area contributed by atoms with Crippen molar-refractivity contribution in [2.24, 2.45) is 0 Å². The maximum absolute atomic E-state index is 12.2. The third-order valence-electron chi connectivity index (χ3n) is 3.24. The van der Waals surface area contributed by atoms with Crippen LogP contribution in [-0.2, 0) is 0 Å². The Morgan fingerprint density at radius 1 is 1.47 bits per heavy atom. The van der Waals surface area contributed by atoms with Crippen molar-refractivity contribution in [2.45, 2.75) is 38.1 Å². The van der Waals surface area contributed by atoms with Gasteiger partial charge in [-0.1, -0.05) is 19.3 Å². The van der Waals surface area contributed by atoms with Gasteiger partial charge in [0.15, 0.2) is 5.69 Å². The largest absolute Gasteiger partial charge is 0.333 e. The average Bonchev–Trinajstić information content (AvgIpc) is 2.90. The molecule has 0 spiro atoms. The van der Waals surface area contributed by atoms with E-state index in [2.05, 4.69) is 15.4 Å². The minimum atomic E-state index is -0.0636. The molecule has 0 saturated heterocycles. The van der Waals surface area contributed by atoms with Crippen LogP contribution in [0.1, 0.15) is 42.6 Å². The summed E-state index contributed by atoms with van der Waals surface area (Å²) in [5, 5.41) is 9.99. The van der Waals surface area contributed by atoms with Gasteiger partial charge in [0.2, 0.25) is 0 Å². The van der Waals surface area contributed by atoms with Crippen LogP contribution in [0, 0.1) is 0 Å². The molecule has 2 rings (SSSR count). The molecule has 1 aromatic rings. The Hall–Kier alpha value is -1.10. The fraction of sp³-hybridized carbons (Fsp3) is 0.727. The lowest BCUT2D eigenvalue weighted by atomic mass is 9.94. The van der Waals surface area contributed by atoms with E-state index >= 15 is 0 Å². The van der Waals surface area contributed by atoms with E-state index in [-0.39, 0.29) is 5.91 Å². The summed E-state index contributed by atoms with van der Waals surface area (Å²) >= 11 is 5.78. The molecule has 17 heavy (non-hydrogen) atoms. The lowest BCUT2D eigenvalue weighted by molar-refractivity contribution is 0.0643. The molecular weight excluding hydrogens is 240 g/mol. The van der Waals surface area contributed by atoms with Gasteiger partial charge in [-0.15, -0.1) is 11.6 Å². The van der Waals surface area contributed by atoms with Gasteiger partial charge in [-0.2, -0.15) is 15.4 Å². The third-order valence-corrected chi connectivity index (χ3v) is 3.40. The SMILES string of the molecule is O=C(c1cn[nH]n1)N(CCCl)C1CCCCC1. The molecule has 0 unspecified atom stereocenters. The van der Waals surface area contributed by atoms with Crippen molar-refractivity contribution in [1.82, 2.24) is 20.3 Å². The number of carbonyl (C=O) groups is 1. The average molecular weight is 257 g/mol. The molecular formula is C11H17ClN4O. The fourth-order valence-corrected chi connectivity index (χ4v) is 2.57. The van der Waals surface area contributed by atoms with Crippen molar-refractivity contribution in [2.75, 3.05) is 12.4 Å². The standard InChI is InChI=1S/C11H17ClN4O/c12-6-7-16(9-4-2-1-3-5-9)11(17)10-8-13-15-14-10/h8-9H,1-7H2,(H,13,14,15). The van der Waals surface area contributed by atoms with Gasteiger partial charge in [-0.25, -0.2) is 0 Å². The van der Waals surface area contributed by atoms with Gasteiger partial charge in [0, 0.05) is 18.5 Å². The molecule has 0 atom stereocenters. The third kappa shape index (κ3) is 2.97. The summed E-state index contributed by atoms with van der Waals surface area (Å²) in [7, 11) is 0. The topological polar surface area (TPSA) is 61.9 Å². The highest BCUT2D eigenvalue weighted by molar-refractivity contribution is 6.18. The van der Waals surface area contributed by atoms with Crippen molar-refractivity contribution < 1.29 is 4.79 Å². The molecule has 1 amide bonds. The molecule has 1 N–H and O–H groups in total. The molecule has 1 saturated carbocycles. The van der Waals surface area contributed by atoms with Crippen LogP contribution in [0.2, 0.25) is 0 Å². The van der Waals surface area contributed by atoms with E-state index in [0.717, 1.165) is 12.8 Å². The predicted molar refractivity (Wildman–Crippen MR) is 65.0 cm³/mol. The Balaban J connectivity index is 2.07. The molecule has 0 aromatic carbocycles. The molecule has 6 heteroatoms. The summed E-state index contributed by atoms with van der Waals surface area (Å²) < 4.78 is 0. The number of nitrogens with zero attached hydrogens (tertiary/aromatic N) is 3. The highest BCUT2D eigenvalue weighted by Gasteiger charge is 2.26. The van der Waals surface area contributed by atoms with Crippen LogP contribution in [0.3, 0.4) is 0 Å². The maximum Gasteiger partial charge on any atom is 0.276 e. The highest BCUT2D eigenvalue weighted by Crippen LogP contribution is 2.23. The fourth-order valence-electron chi connectivity index (χ4n) is 2.39. The van der Waals surface area contributed by atoms with Crippen molar-refractivity contribution in [3.63, 3.8) is 0 Å². The zero-order chi connectivity index (χ0) is 12.1. The quantitative estimate of drug-likeness (QED) is 0.836. The summed E-state index contributed by atoms with van der Waals surface area (Å²) in [5.74, 6) is 0.395. The number of carbonyl (C=O) groups excluding carboxylic acids is 1. The second kappa shape index (κ2) is 6.00. The van der Waals surface area contributed by atoms with Crippen LogP contribution in [0.25, 0.3) is 0 Å². The molecule has 0 aliphatic heterocycles. The second-order valence-electron chi connectivity index (χ2n) is 4.33. The van der Waals surface area contributed by atoms with E-state index in [1.165, 1.54) is 25.5 Å². The number of amides is 1. The van der Waals surface area contributed by atoms with Gasteiger partial charge < -0.3 is 4.90 Å². The van der Waals surface area contributed by atoms with Gasteiger partial charge >= 0.3 is 0 Å². The first-order valence-electron chi connectivity index (χ1n) is 6.05. The first-order chi connectivity index (χ1) is 8.33. The van der Waals surface area contributed by atoms with E-state index in [9.17, 15) is 4.79 Å². The number of aromatic nitrogens is 3. The smallest absolute Gasteiger partial charge is 0.276 e. The first kappa shape index (κ1) is 12.4. The highest BCUT2D eigenvalue weighted by atomic mass is 35.5. The minimum absolute atomic E-state index is 0.0636. The maximum atomic E-state index is 12.2. The first-order valence-corrected chi connectivity index (χ1v) is 6.59. The van der Waals surface area contributed by atoms with E-state index in [4.69, 9.17) is 11.6 Å². The van der Waals surface area contributed by atoms with E-state index in [1.807, 2.05) is 4.90 Å². The number of halogens is 1. The van der Waals surface area contributed by atoms with Crippen LogP contribution in [-0.4, -0.2) is 44.7 Å². The van der Waals surface area contributed by atoms with Crippen molar-refractivity contribution >= 4 is 17.5 Å². The molecule has 0 bridgehead atoms. The number of hydrogen-bond donors (Lipinski definition) is 1. The number of nitrogens with one attached hydrogen (secondary N) is 1. The number of alkyl halides is 1. The normalized spacial score (nSPS) is 17.0. The summed E-state index contributed by atoms with van der Waals surface area (Å²) in [6, 6.07) is 0.312. The minimum Gasteiger partial charge on any atom is -0.333 e. The van der Waals surface area contributed by atoms with Crippen molar-refractivity contribution in [3.05, 3.63) is 11.9 Å². The summed E-state index contributed by atoms with van der Waals surface area (Å²) in [5.41, 5.74) is 0.376. The Morgan fingerprint density at radius 3 is 2.82 bits per heavy atom. The Bertz CT molecular complexity index is 348. The molecule has 94 valence electrons. The number of H-pyrrole nitrogens is 1. The van der Waals surface area contributed by atoms with Crippen LogP contribution < -0.4 is 0 Å². The zero-order valence-electron chi connectivity index (χ0n) is 9.73. The molecule has 1 aliphatic carbocycles. The van der Waals surface area contributed by atoms with E-state index in [0.29, 0.717) is 24.2 Å². The molecule has 1 heterocycles. The van der Waals surface area contributed by atoms with Crippen molar-refractivity contribution in [1.29, 1.82) is 0 Å². The number of aromatic amines is 1. The van der Waals surface area contributed by atoms with E-state index in [1.54, 1.807) is 0 Å². The molecule has 1 aromatic heterocycles.